The number of carbonyl (C=O) groups is 4. The summed E-state index contributed by atoms with van der Waals surface area (Å²) in [5, 5.41) is 35.7. The minimum Gasteiger partial charge on any atom is -0.507 e. The number of alkyl halides is 3. The number of hydrogen-bond donors (Lipinski definition) is 4. The van der Waals surface area contributed by atoms with Gasteiger partial charge in [0, 0.05) is 41.4 Å². The number of Topliss-reactive ketones (excluding diaryl/α,β-unsaturated/α-hetero) is 1. The van der Waals surface area contributed by atoms with Gasteiger partial charge in [-0.25, -0.2) is 4.79 Å². The summed E-state index contributed by atoms with van der Waals surface area (Å²) in [6.07, 6.45) is -5.08. The predicted molar refractivity (Wildman–Crippen MR) is 152 cm³/mol. The average Bonchev–Trinajstić information content (AvgIpc) is 3.15. The molecular weight excluding hydrogens is 571 g/mol. The SMILES string of the molecule is CN(CC(=O)O)C(=O)c1ccc2c(c1)C(=N)N(CC(=O)c1cc(C(C)(C)C)c(O)c(C(C)(C)C)c1)C2.O=C(O)C(F)(F)F. The highest BCUT2D eigenvalue weighted by molar-refractivity contribution is 6.07. The number of carboxylic acid groups (broad SMARTS) is 2. The standard InChI is InChI=1S/C28H35N3O5.C2HF3O2/c1-27(2,3)20-11-18(12-21(24(20)35)28(4,5)6)22(32)14-31-13-17-9-8-16(10-19(17)25(31)29)26(36)30(7)15-23(33)34;3-2(4,5)1(6)7/h8-12,29,35H,13-15H2,1-7H3,(H,33,34);(H,6,7). The Balaban J connectivity index is 0.000000821. The number of phenolic OH excluding ortho intramolecular Hbond substituents is 1. The number of phenols is 1. The highest BCUT2D eigenvalue weighted by Crippen LogP contribution is 2.40. The predicted octanol–water partition coefficient (Wildman–Crippen LogP) is 4.80. The van der Waals surface area contributed by atoms with Gasteiger partial charge in [-0.3, -0.25) is 19.8 Å². The van der Waals surface area contributed by atoms with Crippen LogP contribution in [0, 0.1) is 5.41 Å². The maximum atomic E-state index is 13.4. The number of aliphatic carboxylic acids is 2. The van der Waals surface area contributed by atoms with Crippen LogP contribution in [0.3, 0.4) is 0 Å². The minimum absolute atomic E-state index is 0.0202. The Morgan fingerprint density at radius 1 is 0.907 bits per heavy atom. The number of aromatic hydroxyl groups is 1. The molecule has 43 heavy (non-hydrogen) atoms. The van der Waals surface area contributed by atoms with Gasteiger partial charge in [-0.05, 0) is 40.7 Å². The van der Waals surface area contributed by atoms with Crippen molar-refractivity contribution in [3.63, 3.8) is 0 Å². The van der Waals surface area contributed by atoms with Gasteiger partial charge in [0.15, 0.2) is 5.78 Å². The summed E-state index contributed by atoms with van der Waals surface area (Å²) in [4.78, 5) is 48.6. The second-order valence-electron chi connectivity index (χ2n) is 12.3. The van der Waals surface area contributed by atoms with Crippen molar-refractivity contribution in [2.45, 2.75) is 65.1 Å². The molecule has 1 heterocycles. The highest BCUT2D eigenvalue weighted by Gasteiger charge is 2.38. The van der Waals surface area contributed by atoms with Crippen molar-refractivity contribution in [1.82, 2.24) is 9.80 Å². The van der Waals surface area contributed by atoms with Crippen molar-refractivity contribution in [3.8, 4) is 5.75 Å². The maximum absolute atomic E-state index is 13.4. The molecule has 0 aliphatic carbocycles. The zero-order valence-electron chi connectivity index (χ0n) is 25.0. The second-order valence-corrected chi connectivity index (χ2v) is 12.3. The van der Waals surface area contributed by atoms with E-state index in [4.69, 9.17) is 20.4 Å². The summed E-state index contributed by atoms with van der Waals surface area (Å²) in [6, 6.07) is 8.43. The molecule has 13 heteroatoms. The summed E-state index contributed by atoms with van der Waals surface area (Å²) in [5.74, 6) is -4.13. The molecule has 0 fully saturated rings. The van der Waals surface area contributed by atoms with E-state index in [-0.39, 0.29) is 34.7 Å². The van der Waals surface area contributed by atoms with Crippen molar-refractivity contribution in [3.05, 3.63) is 63.7 Å². The van der Waals surface area contributed by atoms with Gasteiger partial charge in [0.1, 0.15) is 18.1 Å². The van der Waals surface area contributed by atoms with Crippen LogP contribution in [0.4, 0.5) is 13.2 Å². The molecule has 0 radical (unpaired) electrons. The summed E-state index contributed by atoms with van der Waals surface area (Å²) in [6.45, 7) is 11.8. The first-order valence-electron chi connectivity index (χ1n) is 13.1. The second kappa shape index (κ2) is 12.4. The number of likely N-dealkylation sites (N-methyl/N-ethyl adjacent to an activating group) is 1. The molecule has 2 aromatic rings. The Kier molecular flexibility index (Phi) is 10.1. The number of amidine groups is 1. The molecule has 2 aromatic carbocycles. The Hall–Kier alpha value is -4.42. The number of halogens is 3. The first-order chi connectivity index (χ1) is 19.4. The Bertz CT molecular complexity index is 1420. The number of amides is 1. The van der Waals surface area contributed by atoms with Crippen LogP contribution in [0.1, 0.15) is 84.5 Å². The lowest BCUT2D eigenvalue weighted by Gasteiger charge is -2.28. The number of hydrogen-bond acceptors (Lipinski definition) is 6. The van der Waals surface area contributed by atoms with E-state index < -0.39 is 30.6 Å². The Morgan fingerprint density at radius 2 is 1.40 bits per heavy atom. The molecule has 1 aliphatic rings. The van der Waals surface area contributed by atoms with Crippen LogP contribution >= 0.6 is 0 Å². The zero-order valence-corrected chi connectivity index (χ0v) is 25.0. The minimum atomic E-state index is -5.08. The first kappa shape index (κ1) is 34.8. The topological polar surface area (TPSA) is 159 Å². The number of carbonyl (C=O) groups excluding carboxylic acids is 2. The van der Waals surface area contributed by atoms with Crippen LogP contribution in [-0.2, 0) is 27.0 Å². The lowest BCUT2D eigenvalue weighted by molar-refractivity contribution is -0.192. The van der Waals surface area contributed by atoms with Gasteiger partial charge in [-0.1, -0.05) is 47.6 Å². The largest absolute Gasteiger partial charge is 0.507 e. The van der Waals surface area contributed by atoms with Crippen molar-refractivity contribution < 1.29 is 47.7 Å². The Morgan fingerprint density at radius 3 is 1.81 bits per heavy atom. The molecule has 0 unspecified atom stereocenters. The van der Waals surface area contributed by atoms with Crippen LogP contribution < -0.4 is 0 Å². The maximum Gasteiger partial charge on any atom is 0.490 e. The lowest BCUT2D eigenvalue weighted by Crippen LogP contribution is -2.32. The third-order valence-corrected chi connectivity index (χ3v) is 6.63. The van der Waals surface area contributed by atoms with E-state index in [1.165, 1.54) is 7.05 Å². The first-order valence-corrected chi connectivity index (χ1v) is 13.1. The van der Waals surface area contributed by atoms with Gasteiger partial charge in [-0.15, -0.1) is 0 Å². The fraction of sp³-hybridized carbons (Fsp3) is 0.433. The van der Waals surface area contributed by atoms with Crippen LogP contribution in [-0.4, -0.2) is 80.9 Å². The van der Waals surface area contributed by atoms with E-state index in [1.54, 1.807) is 35.2 Å². The van der Waals surface area contributed by atoms with Crippen molar-refractivity contribution >= 4 is 29.5 Å². The van der Waals surface area contributed by atoms with Crippen LogP contribution in [0.25, 0.3) is 0 Å². The van der Waals surface area contributed by atoms with Crippen LogP contribution in [0.5, 0.6) is 5.75 Å². The van der Waals surface area contributed by atoms with Crippen LogP contribution in [0.2, 0.25) is 0 Å². The molecule has 1 aliphatic heterocycles. The molecule has 0 spiro atoms. The van der Waals surface area contributed by atoms with Gasteiger partial charge in [0.25, 0.3) is 5.91 Å². The molecule has 0 aromatic heterocycles. The van der Waals surface area contributed by atoms with E-state index in [2.05, 4.69) is 0 Å². The van der Waals surface area contributed by atoms with E-state index in [0.717, 1.165) is 10.5 Å². The normalized spacial score (nSPS) is 13.2. The molecule has 234 valence electrons. The summed E-state index contributed by atoms with van der Waals surface area (Å²) < 4.78 is 31.7. The zero-order chi connectivity index (χ0) is 33.2. The van der Waals surface area contributed by atoms with Crippen molar-refractivity contribution in [2.75, 3.05) is 20.1 Å². The van der Waals surface area contributed by atoms with Gasteiger partial charge in [0.2, 0.25) is 0 Å². The fourth-order valence-electron chi connectivity index (χ4n) is 4.36. The lowest BCUT2D eigenvalue weighted by atomic mass is 9.78. The summed E-state index contributed by atoms with van der Waals surface area (Å²) in [5.41, 5.74) is 2.81. The number of carboxylic acids is 2. The molecule has 0 saturated heterocycles. The number of nitrogens with zero attached hydrogens (tertiary/aromatic N) is 2. The monoisotopic (exact) mass is 607 g/mol. The number of fused-ring (bicyclic) bond motifs is 1. The van der Waals surface area contributed by atoms with Gasteiger partial charge < -0.3 is 25.1 Å². The van der Waals surface area contributed by atoms with Crippen molar-refractivity contribution in [1.29, 1.82) is 5.41 Å². The van der Waals surface area contributed by atoms with Gasteiger partial charge >= 0.3 is 18.1 Å². The molecule has 10 nitrogen and oxygen atoms in total. The van der Waals surface area contributed by atoms with E-state index in [0.29, 0.717) is 34.4 Å². The molecular formula is C30H36F3N3O7. The summed E-state index contributed by atoms with van der Waals surface area (Å²) in [7, 11) is 1.41. The van der Waals surface area contributed by atoms with Crippen molar-refractivity contribution in [2.24, 2.45) is 0 Å². The Labute approximate surface area is 247 Å². The quantitative estimate of drug-likeness (QED) is 0.341. The molecule has 0 bridgehead atoms. The number of nitrogens with one attached hydrogen (secondary N) is 1. The average molecular weight is 608 g/mol. The smallest absolute Gasteiger partial charge is 0.490 e. The molecule has 3 rings (SSSR count). The van der Waals surface area contributed by atoms with E-state index in [9.17, 15) is 32.7 Å². The molecule has 4 N–H and O–H groups in total. The molecule has 1 amide bonds. The number of benzene rings is 2. The highest BCUT2D eigenvalue weighted by atomic mass is 19.4. The fourth-order valence-corrected chi connectivity index (χ4v) is 4.36. The number of rotatable bonds is 6. The molecule has 0 atom stereocenters. The third-order valence-electron chi connectivity index (χ3n) is 6.63. The van der Waals surface area contributed by atoms with Gasteiger partial charge in [0.05, 0.1) is 6.54 Å². The van der Waals surface area contributed by atoms with Crippen LogP contribution in [0.15, 0.2) is 30.3 Å². The summed E-state index contributed by atoms with van der Waals surface area (Å²) >= 11 is 0. The van der Waals surface area contributed by atoms with E-state index >= 15 is 0 Å². The molecule has 0 saturated carbocycles. The number of ketones is 1. The van der Waals surface area contributed by atoms with E-state index in [1.807, 2.05) is 41.5 Å². The third kappa shape index (κ3) is 8.55. The van der Waals surface area contributed by atoms with Gasteiger partial charge in [-0.2, -0.15) is 13.2 Å².